The van der Waals surface area contributed by atoms with Crippen molar-refractivity contribution in [3.05, 3.63) is 60.3 Å². The lowest BCUT2D eigenvalue weighted by Gasteiger charge is -2.20. The van der Waals surface area contributed by atoms with Crippen molar-refractivity contribution < 1.29 is 9.47 Å². The molecule has 0 aliphatic carbocycles. The van der Waals surface area contributed by atoms with E-state index in [2.05, 4.69) is 57.5 Å². The molecule has 1 N–H and O–H groups in total. The van der Waals surface area contributed by atoms with Gasteiger partial charge in [-0.05, 0) is 75.8 Å². The van der Waals surface area contributed by atoms with E-state index in [1.165, 1.54) is 25.9 Å². The second-order valence-corrected chi connectivity index (χ2v) is 10.1. The highest BCUT2D eigenvalue weighted by molar-refractivity contribution is 7.17. The van der Waals surface area contributed by atoms with Crippen LogP contribution in [-0.2, 0) is 6.54 Å². The van der Waals surface area contributed by atoms with Crippen molar-refractivity contribution >= 4 is 23.0 Å². The summed E-state index contributed by atoms with van der Waals surface area (Å²) in [6, 6.07) is 12.3. The fourth-order valence-electron chi connectivity index (χ4n) is 4.39. The molecule has 0 unspecified atom stereocenters. The zero-order chi connectivity index (χ0) is 23.9. The maximum absolute atomic E-state index is 6.26. The summed E-state index contributed by atoms with van der Waals surface area (Å²) in [6.07, 6.45) is 9.67. The quantitative estimate of drug-likeness (QED) is 0.504. The van der Waals surface area contributed by atoms with Crippen molar-refractivity contribution in [3.63, 3.8) is 0 Å². The summed E-state index contributed by atoms with van der Waals surface area (Å²) in [6.45, 7) is 6.36. The van der Waals surface area contributed by atoms with Crippen LogP contribution in [0, 0.1) is 0 Å². The molecule has 7 nitrogen and oxygen atoms in total. The number of benzene rings is 1. The lowest BCUT2D eigenvalue weighted by molar-refractivity contribution is 0.234. The Labute approximate surface area is 211 Å². The molecule has 1 fully saturated rings. The summed E-state index contributed by atoms with van der Waals surface area (Å²) in [5, 5.41) is 4.29. The Morgan fingerprint density at radius 3 is 2.94 bits per heavy atom. The summed E-state index contributed by atoms with van der Waals surface area (Å²) in [7, 11) is 2.13. The predicted octanol–water partition coefficient (Wildman–Crippen LogP) is 5.19. The third-order valence-corrected chi connectivity index (χ3v) is 7.24. The van der Waals surface area contributed by atoms with Gasteiger partial charge in [0.2, 0.25) is 5.95 Å². The number of ether oxygens (including phenoxy) is 2. The van der Waals surface area contributed by atoms with Crippen LogP contribution in [0.1, 0.15) is 24.8 Å². The van der Waals surface area contributed by atoms with E-state index in [1.54, 1.807) is 17.5 Å². The number of hydrogen-bond donors (Lipinski definition) is 1. The SMILES string of the molecule is CN1C/C=C/CCOc2ccc(s2)-c2ccnc(n2)Nc2ccc(OCCN3CCCC3)c(c2)C1. The van der Waals surface area contributed by atoms with Crippen LogP contribution in [0.2, 0.25) is 0 Å². The minimum absolute atomic E-state index is 0.574. The molecule has 0 amide bonds. The number of rotatable bonds is 4. The third kappa shape index (κ3) is 6.60. The molecule has 0 radical (unpaired) electrons. The van der Waals surface area contributed by atoms with Crippen molar-refractivity contribution in [2.45, 2.75) is 25.8 Å². The largest absolute Gasteiger partial charge is 0.492 e. The van der Waals surface area contributed by atoms with Crippen LogP contribution >= 0.6 is 11.3 Å². The van der Waals surface area contributed by atoms with Crippen molar-refractivity contribution in [1.82, 2.24) is 19.8 Å². The van der Waals surface area contributed by atoms with Crippen LogP contribution in [0.15, 0.2) is 54.7 Å². The van der Waals surface area contributed by atoms with Gasteiger partial charge in [0.25, 0.3) is 0 Å². The second-order valence-electron chi connectivity index (χ2n) is 9.03. The van der Waals surface area contributed by atoms with Gasteiger partial charge in [-0.15, -0.1) is 0 Å². The summed E-state index contributed by atoms with van der Waals surface area (Å²) in [5.74, 6) is 1.51. The Hall–Kier alpha value is -2.94. The number of hydrogen-bond acceptors (Lipinski definition) is 8. The van der Waals surface area contributed by atoms with Crippen molar-refractivity contribution in [2.24, 2.45) is 0 Å². The summed E-state index contributed by atoms with van der Waals surface area (Å²) in [5.41, 5.74) is 2.98. The molecule has 2 aromatic heterocycles. The van der Waals surface area contributed by atoms with Crippen LogP contribution in [0.3, 0.4) is 0 Å². The van der Waals surface area contributed by atoms with Crippen LogP contribution in [0.25, 0.3) is 10.6 Å². The van der Waals surface area contributed by atoms with E-state index in [0.717, 1.165) is 58.7 Å². The molecular weight excluding hydrogens is 458 g/mol. The average molecular weight is 492 g/mol. The molecule has 184 valence electrons. The van der Waals surface area contributed by atoms with Crippen LogP contribution < -0.4 is 14.8 Å². The molecule has 6 bridgehead atoms. The van der Waals surface area contributed by atoms with Gasteiger partial charge in [0.1, 0.15) is 12.4 Å². The number of nitrogens with zero attached hydrogens (tertiary/aromatic N) is 4. The first-order chi connectivity index (χ1) is 17.2. The highest BCUT2D eigenvalue weighted by atomic mass is 32.1. The van der Waals surface area contributed by atoms with Gasteiger partial charge in [0.15, 0.2) is 5.06 Å². The lowest BCUT2D eigenvalue weighted by Crippen LogP contribution is -2.25. The van der Waals surface area contributed by atoms with Gasteiger partial charge in [0.05, 0.1) is 17.2 Å². The van der Waals surface area contributed by atoms with Crippen molar-refractivity contribution in [1.29, 1.82) is 0 Å². The fourth-order valence-corrected chi connectivity index (χ4v) is 5.24. The zero-order valence-electron chi connectivity index (χ0n) is 20.3. The van der Waals surface area contributed by atoms with Gasteiger partial charge in [-0.25, -0.2) is 9.97 Å². The molecule has 1 aromatic carbocycles. The highest BCUT2D eigenvalue weighted by Gasteiger charge is 2.14. The third-order valence-electron chi connectivity index (χ3n) is 6.22. The minimum Gasteiger partial charge on any atom is -0.492 e. The van der Waals surface area contributed by atoms with E-state index in [9.17, 15) is 0 Å². The van der Waals surface area contributed by atoms with Crippen molar-refractivity contribution in [3.8, 4) is 21.4 Å². The average Bonchev–Trinajstić information content (AvgIpc) is 3.55. The molecule has 3 aromatic rings. The van der Waals surface area contributed by atoms with Crippen LogP contribution in [0.5, 0.6) is 10.8 Å². The Bertz CT molecular complexity index is 1140. The number of anilines is 2. The molecule has 0 atom stereocenters. The molecule has 0 spiro atoms. The molecular formula is C27H33N5O2S. The molecule has 8 heteroatoms. The lowest BCUT2D eigenvalue weighted by atomic mass is 10.1. The number of fused-ring (bicyclic) bond motifs is 7. The van der Waals surface area contributed by atoms with Gasteiger partial charge in [0, 0.05) is 37.1 Å². The number of likely N-dealkylation sites (tertiary alicyclic amines) is 1. The molecule has 0 saturated carbocycles. The standard InChI is InChI=1S/C27H33N5O2S/c1-31-13-3-2-6-17-34-26-10-9-25(35-26)23-11-12-28-27(30-23)29-22-7-8-24(21(19-22)20-31)33-18-16-32-14-4-5-15-32/h2-3,7-12,19H,4-6,13-18,20H2,1H3,(H,28,29,30)/b3-2+. The Morgan fingerprint density at radius 1 is 1.11 bits per heavy atom. The number of thiophene rings is 1. The van der Waals surface area contributed by atoms with Crippen molar-refractivity contribution in [2.75, 3.05) is 51.8 Å². The minimum atomic E-state index is 0.574. The number of nitrogens with one attached hydrogen (secondary N) is 1. The zero-order valence-corrected chi connectivity index (χ0v) is 21.1. The van der Waals surface area contributed by atoms with E-state index < -0.39 is 0 Å². The maximum atomic E-state index is 6.26. The first kappa shape index (κ1) is 23.8. The summed E-state index contributed by atoms with van der Waals surface area (Å²) < 4.78 is 12.2. The summed E-state index contributed by atoms with van der Waals surface area (Å²) >= 11 is 1.60. The van der Waals surface area contributed by atoms with E-state index >= 15 is 0 Å². The maximum Gasteiger partial charge on any atom is 0.227 e. The normalized spacial score (nSPS) is 18.2. The van der Waals surface area contributed by atoms with E-state index in [0.29, 0.717) is 19.2 Å². The molecule has 35 heavy (non-hydrogen) atoms. The highest BCUT2D eigenvalue weighted by Crippen LogP contribution is 2.33. The van der Waals surface area contributed by atoms with Crippen LogP contribution in [-0.4, -0.2) is 66.2 Å². The van der Waals surface area contributed by atoms with Gasteiger partial charge in [-0.1, -0.05) is 23.5 Å². The topological polar surface area (TPSA) is 62.8 Å². The van der Waals surface area contributed by atoms with Gasteiger partial charge in [-0.3, -0.25) is 9.80 Å². The Morgan fingerprint density at radius 2 is 2.03 bits per heavy atom. The van der Waals surface area contributed by atoms with E-state index in [-0.39, 0.29) is 0 Å². The van der Waals surface area contributed by atoms with Gasteiger partial charge in [-0.2, -0.15) is 0 Å². The van der Waals surface area contributed by atoms with Gasteiger partial charge < -0.3 is 14.8 Å². The fraction of sp³-hybridized carbons (Fsp3) is 0.407. The number of likely N-dealkylation sites (N-methyl/N-ethyl adjacent to an activating group) is 1. The molecule has 4 heterocycles. The Kier molecular flexibility index (Phi) is 7.92. The second kappa shape index (κ2) is 11.7. The summed E-state index contributed by atoms with van der Waals surface area (Å²) in [4.78, 5) is 15.0. The first-order valence-electron chi connectivity index (χ1n) is 12.4. The molecule has 1 saturated heterocycles. The van der Waals surface area contributed by atoms with Gasteiger partial charge >= 0.3 is 0 Å². The van der Waals surface area contributed by atoms with E-state index in [4.69, 9.17) is 14.5 Å². The smallest absolute Gasteiger partial charge is 0.227 e. The molecule has 5 rings (SSSR count). The number of aromatic nitrogens is 2. The monoisotopic (exact) mass is 491 g/mol. The van der Waals surface area contributed by atoms with Crippen LogP contribution in [0.4, 0.5) is 11.6 Å². The predicted molar refractivity (Wildman–Crippen MR) is 142 cm³/mol. The van der Waals surface area contributed by atoms with E-state index in [1.807, 2.05) is 18.2 Å². The first-order valence-corrected chi connectivity index (χ1v) is 13.2. The molecule has 2 aliphatic rings. The molecule has 2 aliphatic heterocycles. The Balaban J connectivity index is 1.38.